The Morgan fingerprint density at radius 3 is 2.80 bits per heavy atom. The minimum atomic E-state index is -3.04. The highest BCUT2D eigenvalue weighted by Crippen LogP contribution is 2.44. The van der Waals surface area contributed by atoms with E-state index < -0.39 is 18.4 Å². The number of halogens is 3. The van der Waals surface area contributed by atoms with Crippen molar-refractivity contribution in [1.29, 1.82) is 0 Å². The Morgan fingerprint density at radius 1 is 1.30 bits per heavy atom. The quantitative estimate of drug-likeness (QED) is 0.795. The molecule has 0 unspecified atom stereocenters. The zero-order chi connectivity index (χ0) is 14.3. The van der Waals surface area contributed by atoms with Gasteiger partial charge in [0.2, 0.25) is 0 Å². The number of nitrogens with zero attached hydrogens (tertiary/aromatic N) is 2. The lowest BCUT2D eigenvalue weighted by atomic mass is 10.1. The van der Waals surface area contributed by atoms with Crippen LogP contribution in [0.4, 0.5) is 14.5 Å². The van der Waals surface area contributed by atoms with Gasteiger partial charge < -0.3 is 4.90 Å². The van der Waals surface area contributed by atoms with Crippen LogP contribution in [-0.4, -0.2) is 17.4 Å². The van der Waals surface area contributed by atoms with E-state index in [1.54, 1.807) is 18.2 Å². The Kier molecular flexibility index (Phi) is 3.05. The number of benzene rings is 1. The van der Waals surface area contributed by atoms with Crippen molar-refractivity contribution in [2.24, 2.45) is 0 Å². The van der Waals surface area contributed by atoms with Gasteiger partial charge in [-0.15, -0.1) is 0 Å². The van der Waals surface area contributed by atoms with Crippen LogP contribution in [0.1, 0.15) is 16.1 Å². The van der Waals surface area contributed by atoms with Gasteiger partial charge in [0, 0.05) is 16.2 Å². The van der Waals surface area contributed by atoms with Crippen LogP contribution in [0.15, 0.2) is 47.1 Å². The monoisotopic (exact) mass is 338 g/mol. The number of pyridine rings is 1. The van der Waals surface area contributed by atoms with Crippen LogP contribution in [0.3, 0.4) is 0 Å². The van der Waals surface area contributed by atoms with Crippen LogP contribution < -0.4 is 4.90 Å². The number of hydrogen-bond donors (Lipinski definition) is 0. The first-order valence-corrected chi connectivity index (χ1v) is 6.69. The first-order chi connectivity index (χ1) is 9.49. The van der Waals surface area contributed by atoms with Crippen LogP contribution in [0.5, 0.6) is 0 Å². The highest BCUT2D eigenvalue weighted by molar-refractivity contribution is 9.10. The molecular formula is C14H9BrF2N2O. The standard InChI is InChI=1S/C14H9BrF2N2O/c15-9-4-5-10-12(7-9)19(8-14(10,16)17)13(20)11-3-1-2-6-18-11/h1-7H,8H2. The molecule has 6 heteroatoms. The van der Waals surface area contributed by atoms with Crippen molar-refractivity contribution >= 4 is 27.5 Å². The summed E-state index contributed by atoms with van der Waals surface area (Å²) in [6.07, 6.45) is 1.46. The molecule has 0 aliphatic carbocycles. The summed E-state index contributed by atoms with van der Waals surface area (Å²) >= 11 is 3.24. The first-order valence-electron chi connectivity index (χ1n) is 5.90. The highest BCUT2D eigenvalue weighted by atomic mass is 79.9. The Morgan fingerprint density at radius 2 is 2.10 bits per heavy atom. The molecule has 0 saturated carbocycles. The summed E-state index contributed by atoms with van der Waals surface area (Å²) in [5.74, 6) is -3.57. The molecular weight excluding hydrogens is 330 g/mol. The molecule has 1 aromatic heterocycles. The second-order valence-corrected chi connectivity index (χ2v) is 5.39. The smallest absolute Gasteiger partial charge is 0.292 e. The lowest BCUT2D eigenvalue weighted by Gasteiger charge is -2.16. The number of alkyl halides is 2. The molecule has 0 atom stereocenters. The van der Waals surface area contributed by atoms with Crippen molar-refractivity contribution in [3.63, 3.8) is 0 Å². The maximum absolute atomic E-state index is 14.0. The van der Waals surface area contributed by atoms with E-state index in [0.717, 1.165) is 4.90 Å². The molecule has 102 valence electrons. The largest absolute Gasteiger partial charge is 0.300 e. The molecule has 20 heavy (non-hydrogen) atoms. The van der Waals surface area contributed by atoms with Gasteiger partial charge in [0.15, 0.2) is 0 Å². The predicted molar refractivity (Wildman–Crippen MR) is 73.9 cm³/mol. The number of anilines is 1. The fourth-order valence-corrected chi connectivity index (χ4v) is 2.56. The van der Waals surface area contributed by atoms with E-state index in [2.05, 4.69) is 20.9 Å². The van der Waals surface area contributed by atoms with Crippen molar-refractivity contribution in [2.75, 3.05) is 11.4 Å². The molecule has 2 heterocycles. The molecule has 0 spiro atoms. The average Bonchev–Trinajstić information content (AvgIpc) is 2.70. The van der Waals surface area contributed by atoms with Gasteiger partial charge in [-0.3, -0.25) is 9.78 Å². The number of amides is 1. The van der Waals surface area contributed by atoms with E-state index in [0.29, 0.717) is 4.47 Å². The minimum Gasteiger partial charge on any atom is -0.300 e. The molecule has 0 bridgehead atoms. The summed E-state index contributed by atoms with van der Waals surface area (Å²) < 4.78 is 28.6. The number of rotatable bonds is 1. The highest BCUT2D eigenvalue weighted by Gasteiger charge is 2.46. The number of carbonyl (C=O) groups is 1. The van der Waals surface area contributed by atoms with Gasteiger partial charge in [-0.2, -0.15) is 8.78 Å². The Bertz CT molecular complexity index is 676. The number of carbonyl (C=O) groups excluding carboxylic acids is 1. The summed E-state index contributed by atoms with van der Waals surface area (Å²) in [6.45, 7) is -0.659. The van der Waals surface area contributed by atoms with Gasteiger partial charge in [0.25, 0.3) is 11.8 Å². The van der Waals surface area contributed by atoms with Crippen molar-refractivity contribution in [3.8, 4) is 0 Å². The third-order valence-corrected chi connectivity index (χ3v) is 3.62. The second-order valence-electron chi connectivity index (χ2n) is 4.47. The zero-order valence-electron chi connectivity index (χ0n) is 10.2. The number of fused-ring (bicyclic) bond motifs is 1. The first kappa shape index (κ1) is 13.2. The molecule has 1 aromatic carbocycles. The molecule has 0 saturated heterocycles. The van der Waals surface area contributed by atoms with Crippen LogP contribution >= 0.6 is 15.9 Å². The van der Waals surface area contributed by atoms with Gasteiger partial charge in [0.1, 0.15) is 5.69 Å². The van der Waals surface area contributed by atoms with Crippen molar-refractivity contribution in [1.82, 2.24) is 4.98 Å². The molecule has 3 rings (SSSR count). The average molecular weight is 339 g/mol. The van der Waals surface area contributed by atoms with E-state index in [4.69, 9.17) is 0 Å². The summed E-state index contributed by atoms with van der Waals surface area (Å²) in [7, 11) is 0. The maximum Gasteiger partial charge on any atom is 0.292 e. The second kappa shape index (κ2) is 4.63. The molecule has 3 nitrogen and oxygen atoms in total. The zero-order valence-corrected chi connectivity index (χ0v) is 11.8. The van der Waals surface area contributed by atoms with E-state index in [1.807, 2.05) is 0 Å². The van der Waals surface area contributed by atoms with Gasteiger partial charge in [-0.25, -0.2) is 0 Å². The normalized spacial score (nSPS) is 16.1. The van der Waals surface area contributed by atoms with Gasteiger partial charge >= 0.3 is 0 Å². The molecule has 1 aliphatic heterocycles. The third-order valence-electron chi connectivity index (χ3n) is 3.13. The summed E-state index contributed by atoms with van der Waals surface area (Å²) in [6, 6.07) is 9.23. The van der Waals surface area contributed by atoms with E-state index >= 15 is 0 Å². The Balaban J connectivity index is 2.06. The van der Waals surface area contributed by atoms with E-state index in [-0.39, 0.29) is 16.9 Å². The van der Waals surface area contributed by atoms with Crippen LogP contribution in [0.2, 0.25) is 0 Å². The van der Waals surface area contributed by atoms with Gasteiger partial charge in [-0.05, 0) is 30.3 Å². The number of aromatic nitrogens is 1. The minimum absolute atomic E-state index is 0.134. The molecule has 0 N–H and O–H groups in total. The predicted octanol–water partition coefficient (Wildman–Crippen LogP) is 3.60. The van der Waals surface area contributed by atoms with Crippen LogP contribution in [0.25, 0.3) is 0 Å². The van der Waals surface area contributed by atoms with E-state index in [1.165, 1.54) is 24.4 Å². The van der Waals surface area contributed by atoms with Gasteiger partial charge in [-0.1, -0.05) is 22.0 Å². The van der Waals surface area contributed by atoms with Crippen molar-refractivity contribution in [2.45, 2.75) is 5.92 Å². The lowest BCUT2D eigenvalue weighted by molar-refractivity contribution is 0.0138. The maximum atomic E-state index is 14.0. The summed E-state index contributed by atoms with van der Waals surface area (Å²) in [5, 5.41) is 0. The molecule has 2 aromatic rings. The Hall–Kier alpha value is -1.82. The third kappa shape index (κ3) is 2.10. The fourth-order valence-electron chi connectivity index (χ4n) is 2.22. The van der Waals surface area contributed by atoms with Crippen LogP contribution in [0, 0.1) is 0 Å². The lowest BCUT2D eigenvalue weighted by Crippen LogP contribution is -2.33. The summed E-state index contributed by atoms with van der Waals surface area (Å²) in [4.78, 5) is 17.3. The fraction of sp³-hybridized carbons (Fsp3) is 0.143. The molecule has 0 radical (unpaired) electrons. The van der Waals surface area contributed by atoms with Crippen molar-refractivity contribution in [3.05, 3.63) is 58.3 Å². The number of hydrogen-bond acceptors (Lipinski definition) is 2. The van der Waals surface area contributed by atoms with Gasteiger partial charge in [0.05, 0.1) is 12.2 Å². The SMILES string of the molecule is O=C(c1ccccn1)N1CC(F)(F)c2ccc(Br)cc21. The summed E-state index contributed by atoms with van der Waals surface area (Å²) in [5.41, 5.74) is 0.237. The molecule has 1 amide bonds. The molecule has 1 aliphatic rings. The Labute approximate surface area is 122 Å². The van der Waals surface area contributed by atoms with E-state index in [9.17, 15) is 13.6 Å². The van der Waals surface area contributed by atoms with Crippen molar-refractivity contribution < 1.29 is 13.6 Å². The van der Waals surface area contributed by atoms with Crippen LogP contribution in [-0.2, 0) is 5.92 Å². The molecule has 0 fully saturated rings. The topological polar surface area (TPSA) is 33.2 Å².